The Kier molecular flexibility index (Phi) is 5.76. The minimum Gasteiger partial charge on any atom is -0.389 e. The largest absolute Gasteiger partial charge is 0.389 e. The smallest absolute Gasteiger partial charge is 0.106 e. The number of aryl methyl sites for hydroxylation is 1. The highest BCUT2D eigenvalue weighted by molar-refractivity contribution is 7.80. The maximum Gasteiger partial charge on any atom is 0.106 e. The molecule has 2 N–H and O–H groups in total. The summed E-state index contributed by atoms with van der Waals surface area (Å²) in [6.45, 7) is 8.43. The first-order chi connectivity index (χ1) is 8.86. The molecule has 1 rings (SSSR count). The Hall–Kier alpha value is -1.13. The van der Waals surface area contributed by atoms with Crippen molar-refractivity contribution in [1.29, 1.82) is 0 Å². The van der Waals surface area contributed by atoms with E-state index in [0.29, 0.717) is 11.0 Å². The summed E-state index contributed by atoms with van der Waals surface area (Å²) in [7, 11) is 4.18. The molecule has 1 aromatic rings. The number of rotatable bonds is 6. The fourth-order valence-electron chi connectivity index (χ4n) is 2.43. The van der Waals surface area contributed by atoms with Crippen LogP contribution in [0.5, 0.6) is 0 Å². The van der Waals surface area contributed by atoms with E-state index < -0.39 is 0 Å². The van der Waals surface area contributed by atoms with Crippen molar-refractivity contribution in [2.45, 2.75) is 26.8 Å². The van der Waals surface area contributed by atoms with Crippen LogP contribution in [-0.4, -0.2) is 43.1 Å². The molecule has 106 valence electrons. The van der Waals surface area contributed by atoms with Gasteiger partial charge in [-0.1, -0.05) is 18.3 Å². The van der Waals surface area contributed by atoms with Crippen LogP contribution >= 0.6 is 12.2 Å². The van der Waals surface area contributed by atoms with Gasteiger partial charge in [0.25, 0.3) is 0 Å². The van der Waals surface area contributed by atoms with Gasteiger partial charge in [-0.05, 0) is 52.6 Å². The molecule has 0 aliphatic rings. The lowest BCUT2D eigenvalue weighted by Crippen LogP contribution is -2.41. The molecule has 0 amide bonds. The Balaban J connectivity index is 3.16. The summed E-state index contributed by atoms with van der Waals surface area (Å²) in [4.78, 5) is 5.02. The van der Waals surface area contributed by atoms with Crippen LogP contribution in [0.1, 0.15) is 25.0 Å². The Morgan fingerprint density at radius 1 is 1.37 bits per heavy atom. The van der Waals surface area contributed by atoms with Crippen LogP contribution in [0.4, 0.5) is 5.69 Å². The molecule has 0 fully saturated rings. The van der Waals surface area contributed by atoms with Crippen LogP contribution in [-0.2, 0) is 0 Å². The minimum atomic E-state index is 0.412. The summed E-state index contributed by atoms with van der Waals surface area (Å²) >= 11 is 5.18. The first kappa shape index (κ1) is 15.9. The average molecular weight is 279 g/mol. The number of nitrogens with zero attached hydrogens (tertiary/aromatic N) is 2. The van der Waals surface area contributed by atoms with Gasteiger partial charge in [-0.15, -0.1) is 0 Å². The monoisotopic (exact) mass is 279 g/mol. The zero-order valence-electron chi connectivity index (χ0n) is 12.6. The Morgan fingerprint density at radius 3 is 2.47 bits per heavy atom. The van der Waals surface area contributed by atoms with Crippen molar-refractivity contribution in [1.82, 2.24) is 4.90 Å². The summed E-state index contributed by atoms with van der Waals surface area (Å²) in [6, 6.07) is 6.67. The maximum absolute atomic E-state index is 5.85. The number of likely N-dealkylation sites (N-methyl/N-ethyl adjacent to an activating group) is 2. The molecule has 19 heavy (non-hydrogen) atoms. The SMILES string of the molecule is CCN(c1cc(C)ccc1C(N)=S)C(C)CN(C)C. The molecule has 0 spiro atoms. The highest BCUT2D eigenvalue weighted by Gasteiger charge is 2.17. The van der Waals surface area contributed by atoms with Gasteiger partial charge in [-0.2, -0.15) is 0 Å². The number of hydrogen-bond acceptors (Lipinski definition) is 3. The normalized spacial score (nSPS) is 12.5. The first-order valence-electron chi connectivity index (χ1n) is 6.68. The summed E-state index contributed by atoms with van der Waals surface area (Å²) in [6.07, 6.45) is 0. The second-order valence-corrected chi connectivity index (χ2v) is 5.72. The van der Waals surface area contributed by atoms with Crippen molar-refractivity contribution in [3.8, 4) is 0 Å². The van der Waals surface area contributed by atoms with E-state index in [1.807, 2.05) is 6.07 Å². The molecule has 0 radical (unpaired) electrons. The molecular weight excluding hydrogens is 254 g/mol. The van der Waals surface area contributed by atoms with Crippen LogP contribution in [0, 0.1) is 6.92 Å². The van der Waals surface area contributed by atoms with Gasteiger partial charge in [-0.3, -0.25) is 0 Å². The topological polar surface area (TPSA) is 32.5 Å². The molecule has 0 heterocycles. The molecule has 0 saturated heterocycles. The van der Waals surface area contributed by atoms with Crippen molar-refractivity contribution in [2.24, 2.45) is 5.73 Å². The van der Waals surface area contributed by atoms with Gasteiger partial charge in [-0.25, -0.2) is 0 Å². The third-order valence-electron chi connectivity index (χ3n) is 3.23. The van der Waals surface area contributed by atoms with Crippen molar-refractivity contribution >= 4 is 22.9 Å². The van der Waals surface area contributed by atoms with Crippen molar-refractivity contribution in [3.05, 3.63) is 29.3 Å². The van der Waals surface area contributed by atoms with E-state index in [2.05, 4.69) is 56.8 Å². The first-order valence-corrected chi connectivity index (χ1v) is 7.09. The minimum absolute atomic E-state index is 0.412. The standard InChI is InChI=1S/C15H25N3S/c1-6-18(12(3)10-17(4)5)14-9-11(2)7-8-13(14)15(16)19/h7-9,12H,6,10H2,1-5H3,(H2,16,19). The van der Waals surface area contributed by atoms with Crippen LogP contribution in [0.25, 0.3) is 0 Å². The third-order valence-corrected chi connectivity index (χ3v) is 3.45. The average Bonchev–Trinajstić information content (AvgIpc) is 2.28. The van der Waals surface area contributed by atoms with E-state index in [4.69, 9.17) is 18.0 Å². The molecule has 1 unspecified atom stereocenters. The predicted octanol–water partition coefficient (Wildman–Crippen LogP) is 2.41. The van der Waals surface area contributed by atoms with Crippen LogP contribution in [0.2, 0.25) is 0 Å². The number of anilines is 1. The van der Waals surface area contributed by atoms with E-state index in [0.717, 1.165) is 24.3 Å². The van der Waals surface area contributed by atoms with Gasteiger partial charge < -0.3 is 15.5 Å². The molecule has 0 bridgehead atoms. The predicted molar refractivity (Wildman–Crippen MR) is 88.1 cm³/mol. The molecule has 3 nitrogen and oxygen atoms in total. The Bertz CT molecular complexity index is 443. The summed E-state index contributed by atoms with van der Waals surface area (Å²) in [5, 5.41) is 0. The highest BCUT2D eigenvalue weighted by atomic mass is 32.1. The van der Waals surface area contributed by atoms with Gasteiger partial charge in [0.2, 0.25) is 0 Å². The Morgan fingerprint density at radius 2 is 2.00 bits per heavy atom. The van der Waals surface area contributed by atoms with Crippen LogP contribution in [0.15, 0.2) is 18.2 Å². The highest BCUT2D eigenvalue weighted by Crippen LogP contribution is 2.24. The molecule has 1 aromatic carbocycles. The van der Waals surface area contributed by atoms with Gasteiger partial charge in [0.05, 0.1) is 0 Å². The number of nitrogens with two attached hydrogens (primary N) is 1. The fraction of sp³-hybridized carbons (Fsp3) is 0.533. The van der Waals surface area contributed by atoms with Gasteiger partial charge in [0.15, 0.2) is 0 Å². The van der Waals surface area contributed by atoms with Gasteiger partial charge >= 0.3 is 0 Å². The zero-order chi connectivity index (χ0) is 14.6. The van der Waals surface area contributed by atoms with E-state index in [1.54, 1.807) is 0 Å². The van der Waals surface area contributed by atoms with Gasteiger partial charge in [0, 0.05) is 30.4 Å². The van der Waals surface area contributed by atoms with Crippen LogP contribution in [0.3, 0.4) is 0 Å². The lowest BCUT2D eigenvalue weighted by molar-refractivity contribution is 0.373. The van der Waals surface area contributed by atoms with E-state index in [9.17, 15) is 0 Å². The number of benzene rings is 1. The van der Waals surface area contributed by atoms with E-state index >= 15 is 0 Å². The van der Waals surface area contributed by atoms with Gasteiger partial charge in [0.1, 0.15) is 4.99 Å². The second kappa shape index (κ2) is 6.87. The molecule has 1 atom stereocenters. The molecule has 0 aliphatic carbocycles. The molecule has 0 aliphatic heterocycles. The lowest BCUT2D eigenvalue weighted by Gasteiger charge is -2.33. The lowest BCUT2D eigenvalue weighted by atomic mass is 10.1. The Labute approximate surface area is 122 Å². The second-order valence-electron chi connectivity index (χ2n) is 5.28. The number of thiocarbonyl (C=S) groups is 1. The van der Waals surface area contributed by atoms with Crippen molar-refractivity contribution in [2.75, 3.05) is 32.1 Å². The quantitative estimate of drug-likeness (QED) is 0.811. The summed E-state index contributed by atoms with van der Waals surface area (Å²) in [5.41, 5.74) is 9.19. The summed E-state index contributed by atoms with van der Waals surface area (Å²) < 4.78 is 0. The number of hydrogen-bond donors (Lipinski definition) is 1. The molecule has 4 heteroatoms. The van der Waals surface area contributed by atoms with E-state index in [-0.39, 0.29) is 0 Å². The van der Waals surface area contributed by atoms with E-state index in [1.165, 1.54) is 5.56 Å². The molecular formula is C15H25N3S. The summed E-state index contributed by atoms with van der Waals surface area (Å²) in [5.74, 6) is 0. The van der Waals surface area contributed by atoms with Crippen LogP contribution < -0.4 is 10.6 Å². The fourth-order valence-corrected chi connectivity index (χ4v) is 2.61. The third kappa shape index (κ3) is 4.18. The van der Waals surface area contributed by atoms with Crippen molar-refractivity contribution < 1.29 is 0 Å². The molecule has 0 saturated carbocycles. The molecule has 0 aromatic heterocycles. The maximum atomic E-state index is 5.85. The zero-order valence-corrected chi connectivity index (χ0v) is 13.4. The van der Waals surface area contributed by atoms with Crippen molar-refractivity contribution in [3.63, 3.8) is 0 Å².